The van der Waals surface area contributed by atoms with Crippen molar-refractivity contribution in [3.8, 4) is 0 Å². The zero-order chi connectivity index (χ0) is 22.7. The van der Waals surface area contributed by atoms with Gasteiger partial charge in [-0.2, -0.15) is 0 Å². The number of hydrogen-bond acceptors (Lipinski definition) is 4. The Morgan fingerprint density at radius 2 is 1.78 bits per heavy atom. The number of benzene rings is 2. The van der Waals surface area contributed by atoms with Crippen molar-refractivity contribution in [3.05, 3.63) is 103 Å². The van der Waals surface area contributed by atoms with E-state index in [4.69, 9.17) is 11.6 Å². The molecule has 0 aliphatic heterocycles. The van der Waals surface area contributed by atoms with Gasteiger partial charge in [0, 0.05) is 17.1 Å². The molecule has 2 heterocycles. The molecule has 2 aromatic carbocycles. The lowest BCUT2D eigenvalue weighted by atomic mass is 10.1. The molecule has 0 bridgehead atoms. The fourth-order valence-electron chi connectivity index (χ4n) is 3.42. The van der Waals surface area contributed by atoms with Crippen LogP contribution >= 0.6 is 22.9 Å². The summed E-state index contributed by atoms with van der Waals surface area (Å²) in [7, 11) is 0. The quantitative estimate of drug-likeness (QED) is 0.449. The van der Waals surface area contributed by atoms with Gasteiger partial charge >= 0.3 is 5.69 Å². The summed E-state index contributed by atoms with van der Waals surface area (Å²) in [6.07, 6.45) is 0.610. The van der Waals surface area contributed by atoms with Gasteiger partial charge in [0.2, 0.25) is 5.91 Å². The number of carbonyl (C=O) groups excluding carboxylic acids is 1. The maximum absolute atomic E-state index is 14.1. The summed E-state index contributed by atoms with van der Waals surface area (Å²) < 4.78 is 16.7. The predicted molar refractivity (Wildman–Crippen MR) is 124 cm³/mol. The standard InChI is InChI=1S/C23H19ClFN3O3S/c24-17-7-5-15(6-8-17)9-11-26-20(29)14-27-19-10-12-32-21(19)22(30)28(23(27)31)13-16-3-1-2-4-18(16)25/h1-8,10,12H,9,11,13-14H2,(H,26,29). The number of amides is 1. The Bertz CT molecular complexity index is 1390. The normalized spacial score (nSPS) is 11.1. The predicted octanol–water partition coefficient (Wildman–Crippen LogP) is 3.42. The molecule has 0 radical (unpaired) electrons. The Morgan fingerprint density at radius 3 is 2.53 bits per heavy atom. The molecule has 0 saturated carbocycles. The lowest BCUT2D eigenvalue weighted by Crippen LogP contribution is -2.42. The van der Waals surface area contributed by atoms with Crippen molar-refractivity contribution in [2.75, 3.05) is 6.54 Å². The van der Waals surface area contributed by atoms with Crippen LogP contribution < -0.4 is 16.6 Å². The van der Waals surface area contributed by atoms with Crippen molar-refractivity contribution in [1.29, 1.82) is 0 Å². The number of carbonyl (C=O) groups is 1. The summed E-state index contributed by atoms with van der Waals surface area (Å²) in [5, 5.41) is 5.13. The molecule has 6 nitrogen and oxygen atoms in total. The topological polar surface area (TPSA) is 73.1 Å². The van der Waals surface area contributed by atoms with Crippen molar-refractivity contribution in [3.63, 3.8) is 0 Å². The van der Waals surface area contributed by atoms with Crippen molar-refractivity contribution >= 4 is 39.1 Å². The molecule has 0 fully saturated rings. The second-order valence-corrected chi connectivity index (χ2v) is 8.57. The summed E-state index contributed by atoms with van der Waals surface area (Å²) in [6.45, 7) is -0.0720. The average Bonchev–Trinajstić information content (AvgIpc) is 3.27. The van der Waals surface area contributed by atoms with Crippen LogP contribution in [0.1, 0.15) is 11.1 Å². The zero-order valence-electron chi connectivity index (χ0n) is 16.9. The van der Waals surface area contributed by atoms with E-state index in [2.05, 4.69) is 5.32 Å². The van der Waals surface area contributed by atoms with Crippen molar-refractivity contribution in [1.82, 2.24) is 14.5 Å². The van der Waals surface area contributed by atoms with Crippen molar-refractivity contribution in [2.45, 2.75) is 19.5 Å². The molecular formula is C23H19ClFN3O3S. The maximum atomic E-state index is 14.1. The van der Waals surface area contributed by atoms with Gasteiger partial charge in [0.25, 0.3) is 5.56 Å². The molecule has 9 heteroatoms. The highest BCUT2D eigenvalue weighted by Gasteiger charge is 2.17. The monoisotopic (exact) mass is 471 g/mol. The molecule has 164 valence electrons. The molecule has 0 atom stereocenters. The lowest BCUT2D eigenvalue weighted by molar-refractivity contribution is -0.121. The molecule has 0 unspecified atom stereocenters. The van der Waals surface area contributed by atoms with Crippen molar-refractivity contribution < 1.29 is 9.18 Å². The molecule has 4 aromatic rings. The van der Waals surface area contributed by atoms with E-state index in [1.54, 1.807) is 29.6 Å². The molecule has 0 saturated heterocycles. The molecule has 1 amide bonds. The first-order chi connectivity index (χ1) is 15.4. The number of rotatable bonds is 7. The minimum Gasteiger partial charge on any atom is -0.354 e. The van der Waals surface area contributed by atoms with Gasteiger partial charge in [-0.25, -0.2) is 9.18 Å². The molecule has 1 N–H and O–H groups in total. The van der Waals surface area contributed by atoms with Crippen LogP contribution in [-0.2, 0) is 24.3 Å². The Balaban J connectivity index is 1.56. The van der Waals surface area contributed by atoms with Gasteiger partial charge in [0.15, 0.2) is 0 Å². The largest absolute Gasteiger partial charge is 0.354 e. The van der Waals surface area contributed by atoms with Gasteiger partial charge in [-0.05, 0) is 41.6 Å². The van der Waals surface area contributed by atoms with E-state index < -0.39 is 17.1 Å². The van der Waals surface area contributed by atoms with Gasteiger partial charge < -0.3 is 5.32 Å². The highest BCUT2D eigenvalue weighted by Crippen LogP contribution is 2.16. The van der Waals surface area contributed by atoms with E-state index >= 15 is 0 Å². The maximum Gasteiger partial charge on any atom is 0.332 e. The average molecular weight is 472 g/mol. The van der Waals surface area contributed by atoms with Crippen LogP contribution in [0.15, 0.2) is 69.6 Å². The van der Waals surface area contributed by atoms with E-state index in [0.29, 0.717) is 28.2 Å². The minimum atomic E-state index is -0.656. The Hall–Kier alpha value is -3.23. The van der Waals surface area contributed by atoms with Gasteiger partial charge in [0.05, 0.1) is 12.1 Å². The van der Waals surface area contributed by atoms with Crippen molar-refractivity contribution in [2.24, 2.45) is 0 Å². The fraction of sp³-hybridized carbons (Fsp3) is 0.174. The Labute approximate surface area is 191 Å². The molecule has 0 spiro atoms. The molecule has 0 aliphatic rings. The third-order valence-electron chi connectivity index (χ3n) is 5.07. The number of aromatic nitrogens is 2. The highest BCUT2D eigenvalue weighted by molar-refractivity contribution is 7.17. The summed E-state index contributed by atoms with van der Waals surface area (Å²) in [5.41, 5.74) is 0.481. The van der Waals surface area contributed by atoms with Crippen LogP contribution in [-0.4, -0.2) is 21.6 Å². The smallest absolute Gasteiger partial charge is 0.332 e. The number of nitrogens with zero attached hydrogens (tertiary/aromatic N) is 2. The Morgan fingerprint density at radius 1 is 1.03 bits per heavy atom. The van der Waals surface area contributed by atoms with Crippen LogP contribution in [0.25, 0.3) is 10.2 Å². The molecule has 2 aromatic heterocycles. The number of hydrogen-bond donors (Lipinski definition) is 1. The first-order valence-corrected chi connectivity index (χ1v) is 11.1. The van der Waals surface area contributed by atoms with Crippen LogP contribution in [0.2, 0.25) is 5.02 Å². The van der Waals surface area contributed by atoms with Gasteiger partial charge in [0.1, 0.15) is 17.1 Å². The first kappa shape index (κ1) is 22.0. The number of thiophene rings is 1. The van der Waals surface area contributed by atoms with Gasteiger partial charge in [-0.15, -0.1) is 11.3 Å². The zero-order valence-corrected chi connectivity index (χ0v) is 18.5. The Kier molecular flexibility index (Phi) is 6.53. The SMILES string of the molecule is O=C(Cn1c(=O)n(Cc2ccccc2F)c(=O)c2sccc21)NCCc1ccc(Cl)cc1. The number of fused-ring (bicyclic) bond motifs is 1. The molecule has 0 aliphatic carbocycles. The summed E-state index contributed by atoms with van der Waals surface area (Å²) in [5.74, 6) is -0.860. The summed E-state index contributed by atoms with van der Waals surface area (Å²) >= 11 is 7.06. The van der Waals surface area contributed by atoms with Gasteiger partial charge in [-0.1, -0.05) is 41.9 Å². The highest BCUT2D eigenvalue weighted by atomic mass is 35.5. The minimum absolute atomic E-state index is 0.212. The number of nitrogens with one attached hydrogen (secondary N) is 1. The van der Waals surface area contributed by atoms with E-state index in [9.17, 15) is 18.8 Å². The number of halogens is 2. The third-order valence-corrected chi connectivity index (χ3v) is 6.22. The van der Waals surface area contributed by atoms with E-state index in [0.717, 1.165) is 10.1 Å². The second kappa shape index (κ2) is 9.50. The van der Waals surface area contributed by atoms with Crippen LogP contribution in [0.5, 0.6) is 0 Å². The summed E-state index contributed by atoms with van der Waals surface area (Å²) in [6, 6.07) is 14.9. The van der Waals surface area contributed by atoms with Crippen LogP contribution in [0.4, 0.5) is 4.39 Å². The second-order valence-electron chi connectivity index (χ2n) is 7.21. The van der Waals surface area contributed by atoms with Gasteiger partial charge in [-0.3, -0.25) is 18.7 Å². The summed E-state index contributed by atoms with van der Waals surface area (Å²) in [4.78, 5) is 38.5. The van der Waals surface area contributed by atoms with Crippen LogP contribution in [0, 0.1) is 5.82 Å². The fourth-order valence-corrected chi connectivity index (χ4v) is 4.39. The van der Waals surface area contributed by atoms with E-state index in [1.165, 1.54) is 34.1 Å². The lowest BCUT2D eigenvalue weighted by Gasteiger charge is -2.13. The van der Waals surface area contributed by atoms with E-state index in [1.807, 2.05) is 12.1 Å². The third kappa shape index (κ3) is 4.66. The van der Waals surface area contributed by atoms with E-state index in [-0.39, 0.29) is 24.6 Å². The molecular weight excluding hydrogens is 453 g/mol. The molecule has 32 heavy (non-hydrogen) atoms. The van der Waals surface area contributed by atoms with Crippen LogP contribution in [0.3, 0.4) is 0 Å². The first-order valence-electron chi connectivity index (χ1n) is 9.89. The molecule has 4 rings (SSSR count).